The smallest absolute Gasteiger partial charge is 0.333 e. The zero-order chi connectivity index (χ0) is 47.5. The van der Waals surface area contributed by atoms with Crippen molar-refractivity contribution in [1.29, 1.82) is 0 Å². The normalized spacial score (nSPS) is 16.0. The van der Waals surface area contributed by atoms with Crippen molar-refractivity contribution < 1.29 is 4.42 Å². The first-order chi connectivity index (χ1) is 33.0. The third-order valence-electron chi connectivity index (χ3n) is 16.2. The molecule has 10 aromatic rings. The molecular weight excluding hydrogens is 856 g/mol. The fourth-order valence-corrected chi connectivity index (χ4v) is 13.4. The Kier molecular flexibility index (Phi) is 8.94. The standard InChI is InChI=1S/C64H59BN2OS/c1-61(2,3)39-24-27-41(28-25-39)67-51-37-48-47(63(7,8)32-33-64(48,9)10)35-46(51)57-58-52(36-45-42-20-14-16-22-53(42)68-60(45)57)66(50-30-26-40(62(4,5)6)34-44(50)38-18-12-11-13-19-38)59-49(65(58)67)29-31-55-56(59)43-21-15-17-23-54(43)69-55/h11-31,34-37H,32-33H2,1-10H3. The van der Waals surface area contributed by atoms with Crippen molar-refractivity contribution in [3.05, 3.63) is 174 Å². The number of thiophene rings is 1. The summed E-state index contributed by atoms with van der Waals surface area (Å²) in [6, 6.07) is 58.2. The minimum Gasteiger partial charge on any atom is -0.455 e. The zero-order valence-corrected chi connectivity index (χ0v) is 42.5. The van der Waals surface area contributed by atoms with E-state index in [4.69, 9.17) is 4.42 Å². The molecule has 0 amide bonds. The van der Waals surface area contributed by atoms with Gasteiger partial charge in [0.05, 0.1) is 11.4 Å². The second-order valence-corrected chi connectivity index (χ2v) is 24.7. The number of nitrogens with zero attached hydrogens (tertiary/aromatic N) is 2. The predicted octanol–water partition coefficient (Wildman–Crippen LogP) is 17.3. The first-order valence-corrected chi connectivity index (χ1v) is 25.8. The summed E-state index contributed by atoms with van der Waals surface area (Å²) < 4.78 is 9.86. The molecule has 3 aliphatic rings. The van der Waals surface area contributed by atoms with Crippen LogP contribution in [-0.4, -0.2) is 6.85 Å². The van der Waals surface area contributed by atoms with Crippen LogP contribution >= 0.6 is 11.3 Å². The summed E-state index contributed by atoms with van der Waals surface area (Å²) in [5.41, 5.74) is 20.9. The van der Waals surface area contributed by atoms with Crippen LogP contribution in [-0.2, 0) is 21.7 Å². The first-order valence-electron chi connectivity index (χ1n) is 25.0. The highest BCUT2D eigenvalue weighted by atomic mass is 32.1. The average Bonchev–Trinajstić information content (AvgIpc) is 3.91. The Morgan fingerprint density at radius 1 is 0.551 bits per heavy atom. The van der Waals surface area contributed by atoms with E-state index in [2.05, 4.69) is 231 Å². The van der Waals surface area contributed by atoms with Crippen LogP contribution in [0.15, 0.2) is 156 Å². The van der Waals surface area contributed by atoms with E-state index in [1.165, 1.54) is 104 Å². The molecule has 0 bridgehead atoms. The summed E-state index contributed by atoms with van der Waals surface area (Å²) in [6.45, 7) is 23.6. The summed E-state index contributed by atoms with van der Waals surface area (Å²) in [5, 5.41) is 4.88. The van der Waals surface area contributed by atoms with Crippen molar-refractivity contribution in [3.8, 4) is 22.3 Å². The lowest BCUT2D eigenvalue weighted by molar-refractivity contribution is 0.332. The molecule has 0 N–H and O–H groups in total. The van der Waals surface area contributed by atoms with Gasteiger partial charge >= 0.3 is 6.85 Å². The van der Waals surface area contributed by atoms with Gasteiger partial charge in [-0.3, -0.25) is 0 Å². The predicted molar refractivity (Wildman–Crippen MR) is 298 cm³/mol. The number of para-hydroxylation sites is 1. The van der Waals surface area contributed by atoms with Crippen LogP contribution in [0.2, 0.25) is 0 Å². The number of furan rings is 1. The highest BCUT2D eigenvalue weighted by Gasteiger charge is 2.49. The van der Waals surface area contributed by atoms with Crippen LogP contribution in [0.1, 0.15) is 104 Å². The number of hydrogen-bond donors (Lipinski definition) is 0. The summed E-state index contributed by atoms with van der Waals surface area (Å²) in [4.78, 5) is 5.40. The van der Waals surface area contributed by atoms with E-state index in [0.717, 1.165) is 34.8 Å². The van der Waals surface area contributed by atoms with E-state index < -0.39 is 0 Å². The van der Waals surface area contributed by atoms with E-state index >= 15 is 0 Å². The molecule has 13 rings (SSSR count). The number of rotatable bonds is 3. The zero-order valence-electron chi connectivity index (χ0n) is 41.6. The molecule has 2 aromatic heterocycles. The third kappa shape index (κ3) is 6.25. The molecule has 0 saturated heterocycles. The molecule has 0 radical (unpaired) electrons. The molecule has 0 unspecified atom stereocenters. The average molecular weight is 915 g/mol. The van der Waals surface area contributed by atoms with Gasteiger partial charge in [-0.25, -0.2) is 0 Å². The topological polar surface area (TPSA) is 19.6 Å². The van der Waals surface area contributed by atoms with Crippen molar-refractivity contribution in [2.75, 3.05) is 9.71 Å². The van der Waals surface area contributed by atoms with Crippen molar-refractivity contribution in [1.82, 2.24) is 0 Å². The maximum Gasteiger partial charge on any atom is 0.333 e. The van der Waals surface area contributed by atoms with Crippen LogP contribution in [0.3, 0.4) is 0 Å². The molecule has 3 nitrogen and oxygen atoms in total. The number of anilines is 5. The molecule has 4 heterocycles. The highest BCUT2D eigenvalue weighted by Crippen LogP contribution is 2.57. The molecule has 0 atom stereocenters. The summed E-state index contributed by atoms with van der Waals surface area (Å²) in [6.07, 6.45) is 2.28. The van der Waals surface area contributed by atoms with Gasteiger partial charge in [-0.2, -0.15) is 0 Å². The SMILES string of the molecule is CC(C)(C)c1ccc(N2B3c4ccc5sc6ccccc6c5c4N(c4ccc(C(C)(C)C)cc4-c4ccccc4)c4cc5c(oc6ccccc65)c(c43)-c3cc4c(cc32)C(C)(C)CCC4(C)C)cc1. The Labute approximate surface area is 411 Å². The van der Waals surface area contributed by atoms with Crippen LogP contribution in [0, 0.1) is 0 Å². The number of benzene rings is 8. The van der Waals surface area contributed by atoms with Crippen LogP contribution in [0.4, 0.5) is 28.4 Å². The van der Waals surface area contributed by atoms with Gasteiger partial charge in [-0.05, 0) is 134 Å². The second-order valence-electron chi connectivity index (χ2n) is 23.6. The molecule has 1 aliphatic carbocycles. The monoisotopic (exact) mass is 914 g/mol. The molecule has 0 saturated carbocycles. The Morgan fingerprint density at radius 3 is 1.93 bits per heavy atom. The molecule has 8 aromatic carbocycles. The van der Waals surface area contributed by atoms with E-state index in [1.54, 1.807) is 0 Å². The quantitative estimate of drug-likeness (QED) is 0.165. The van der Waals surface area contributed by atoms with Gasteiger partial charge in [0, 0.05) is 64.7 Å². The fraction of sp³-hybridized carbons (Fsp3) is 0.250. The molecule has 2 aliphatic heterocycles. The van der Waals surface area contributed by atoms with Crippen LogP contribution in [0.25, 0.3) is 64.4 Å². The minimum absolute atomic E-state index is 0.00138. The van der Waals surface area contributed by atoms with Gasteiger partial charge in [0.1, 0.15) is 11.2 Å². The largest absolute Gasteiger partial charge is 0.455 e. The molecule has 69 heavy (non-hydrogen) atoms. The van der Waals surface area contributed by atoms with Crippen molar-refractivity contribution in [3.63, 3.8) is 0 Å². The molecule has 340 valence electrons. The Balaban J connectivity index is 1.25. The third-order valence-corrected chi connectivity index (χ3v) is 17.4. The van der Waals surface area contributed by atoms with E-state index in [9.17, 15) is 0 Å². The van der Waals surface area contributed by atoms with Crippen LogP contribution in [0.5, 0.6) is 0 Å². The number of fused-ring (bicyclic) bond motifs is 13. The van der Waals surface area contributed by atoms with Gasteiger partial charge in [-0.1, -0.05) is 160 Å². The first kappa shape index (κ1) is 42.5. The van der Waals surface area contributed by atoms with Gasteiger partial charge in [-0.15, -0.1) is 11.3 Å². The van der Waals surface area contributed by atoms with Crippen molar-refractivity contribution in [2.45, 2.75) is 104 Å². The summed E-state index contributed by atoms with van der Waals surface area (Å²) in [5.74, 6) is 0. The van der Waals surface area contributed by atoms with Gasteiger partial charge in [0.15, 0.2) is 0 Å². The molecule has 0 spiro atoms. The second kappa shape index (κ2) is 14.5. The Morgan fingerprint density at radius 2 is 1.20 bits per heavy atom. The van der Waals surface area contributed by atoms with Gasteiger partial charge in [0.2, 0.25) is 0 Å². The number of hydrogen-bond acceptors (Lipinski definition) is 4. The molecule has 5 heteroatoms. The van der Waals surface area contributed by atoms with E-state index in [0.29, 0.717) is 0 Å². The lowest BCUT2D eigenvalue weighted by Crippen LogP contribution is -2.61. The van der Waals surface area contributed by atoms with Gasteiger partial charge in [0.25, 0.3) is 0 Å². The maximum absolute atomic E-state index is 7.27. The van der Waals surface area contributed by atoms with Crippen molar-refractivity contribution >= 4 is 99.7 Å². The lowest BCUT2D eigenvalue weighted by Gasteiger charge is -2.48. The van der Waals surface area contributed by atoms with Gasteiger partial charge < -0.3 is 14.1 Å². The Hall–Kier alpha value is -6.56. The minimum atomic E-state index is -0.179. The summed E-state index contributed by atoms with van der Waals surface area (Å²) >= 11 is 1.90. The fourth-order valence-electron chi connectivity index (χ4n) is 12.3. The van der Waals surface area contributed by atoms with E-state index in [-0.39, 0.29) is 28.5 Å². The highest BCUT2D eigenvalue weighted by molar-refractivity contribution is 7.26. The van der Waals surface area contributed by atoms with E-state index in [1.807, 2.05) is 11.3 Å². The molecule has 0 fully saturated rings. The summed E-state index contributed by atoms with van der Waals surface area (Å²) in [7, 11) is 0. The van der Waals surface area contributed by atoms with Crippen molar-refractivity contribution in [2.24, 2.45) is 0 Å². The lowest BCUT2D eigenvalue weighted by atomic mass is 9.43. The van der Waals surface area contributed by atoms with Crippen LogP contribution < -0.4 is 20.6 Å². The Bertz CT molecular complexity index is 3760. The molecular formula is C64H59BN2OS. The maximum atomic E-state index is 7.27.